The number of carbonyl (C=O) groups excluding carboxylic acids is 1. The third-order valence-corrected chi connectivity index (χ3v) is 1.30. The molecule has 1 aromatic carbocycles. The summed E-state index contributed by atoms with van der Waals surface area (Å²) in [6, 6.07) is 11.2. The van der Waals surface area contributed by atoms with Crippen LogP contribution in [-0.4, -0.2) is 12.1 Å². The summed E-state index contributed by atoms with van der Waals surface area (Å²) in [6.45, 7) is 5.92. The van der Waals surface area contributed by atoms with Crippen molar-refractivity contribution in [1.29, 1.82) is 5.26 Å². The van der Waals surface area contributed by atoms with Gasteiger partial charge in [-0.25, -0.2) is 0 Å². The number of ether oxygens (including phenoxy) is 1. The van der Waals surface area contributed by atoms with Crippen LogP contribution in [0.3, 0.4) is 0 Å². The van der Waals surface area contributed by atoms with Gasteiger partial charge in [-0.15, -0.1) is 0 Å². The molecular formula is C12H15NO2. The highest BCUT2D eigenvalue weighted by Gasteiger charge is 2.07. The topological polar surface area (TPSA) is 50.1 Å². The molecule has 0 amide bonds. The molecule has 0 heterocycles. The van der Waals surface area contributed by atoms with E-state index in [1.54, 1.807) is 12.1 Å². The van der Waals surface area contributed by atoms with E-state index in [1.165, 1.54) is 0 Å². The molecule has 0 N–H and O–H groups in total. The average Bonchev–Trinajstić information content (AvgIpc) is 2.18. The Morgan fingerprint density at radius 1 is 1.27 bits per heavy atom. The zero-order valence-electron chi connectivity index (χ0n) is 9.23. The van der Waals surface area contributed by atoms with Crippen molar-refractivity contribution in [3.8, 4) is 6.07 Å². The first-order valence-corrected chi connectivity index (χ1v) is 4.56. The number of hydrogen-bond donors (Lipinski definition) is 0. The Hall–Kier alpha value is -1.82. The van der Waals surface area contributed by atoms with E-state index in [9.17, 15) is 4.79 Å². The van der Waals surface area contributed by atoms with Crippen molar-refractivity contribution in [3.63, 3.8) is 0 Å². The largest absolute Gasteiger partial charge is 0.462 e. The van der Waals surface area contributed by atoms with Crippen molar-refractivity contribution >= 4 is 6.47 Å². The summed E-state index contributed by atoms with van der Waals surface area (Å²) in [5, 5.41) is 8.29. The second kappa shape index (κ2) is 6.61. The molecule has 0 saturated heterocycles. The fourth-order valence-electron chi connectivity index (χ4n) is 0.657. The molecule has 15 heavy (non-hydrogen) atoms. The molecule has 3 nitrogen and oxygen atoms in total. The fraction of sp³-hybridized carbons (Fsp3) is 0.333. The Morgan fingerprint density at radius 2 is 1.80 bits per heavy atom. The molecule has 1 rings (SSSR count). The van der Waals surface area contributed by atoms with E-state index in [0.717, 1.165) is 0 Å². The van der Waals surface area contributed by atoms with Gasteiger partial charge in [-0.2, -0.15) is 5.26 Å². The molecule has 1 aromatic rings. The van der Waals surface area contributed by atoms with E-state index >= 15 is 0 Å². The lowest BCUT2D eigenvalue weighted by Crippen LogP contribution is -2.17. The lowest BCUT2D eigenvalue weighted by molar-refractivity contribution is -0.138. The van der Waals surface area contributed by atoms with Crippen molar-refractivity contribution in [2.75, 3.05) is 0 Å². The summed E-state index contributed by atoms with van der Waals surface area (Å²) < 4.78 is 4.55. The fourth-order valence-corrected chi connectivity index (χ4v) is 0.657. The highest BCUT2D eigenvalue weighted by molar-refractivity contribution is 5.37. The molecule has 0 unspecified atom stereocenters. The summed E-state index contributed by atoms with van der Waals surface area (Å²) in [4.78, 5) is 9.60. The van der Waals surface area contributed by atoms with Gasteiger partial charge in [0.1, 0.15) is 5.60 Å². The van der Waals surface area contributed by atoms with E-state index in [2.05, 4.69) is 4.74 Å². The van der Waals surface area contributed by atoms with Crippen LogP contribution in [0.15, 0.2) is 30.3 Å². The molecule has 0 saturated carbocycles. The Balaban J connectivity index is 0.000000265. The number of nitriles is 1. The van der Waals surface area contributed by atoms with E-state index in [0.29, 0.717) is 12.0 Å². The normalized spacial score (nSPS) is 9.20. The van der Waals surface area contributed by atoms with Crippen LogP contribution in [0.4, 0.5) is 0 Å². The zero-order valence-corrected chi connectivity index (χ0v) is 9.23. The van der Waals surface area contributed by atoms with Gasteiger partial charge in [-0.05, 0) is 32.9 Å². The molecule has 0 radical (unpaired) electrons. The second-order valence-electron chi connectivity index (χ2n) is 3.80. The quantitative estimate of drug-likeness (QED) is 0.662. The van der Waals surface area contributed by atoms with Crippen LogP contribution in [0.1, 0.15) is 26.3 Å². The minimum absolute atomic E-state index is 0.318. The van der Waals surface area contributed by atoms with E-state index in [1.807, 2.05) is 45.0 Å². The lowest BCUT2D eigenvalue weighted by Gasteiger charge is -2.14. The maximum Gasteiger partial charge on any atom is 0.293 e. The van der Waals surface area contributed by atoms with Gasteiger partial charge < -0.3 is 4.74 Å². The molecular weight excluding hydrogens is 190 g/mol. The van der Waals surface area contributed by atoms with Gasteiger partial charge >= 0.3 is 0 Å². The molecule has 0 bridgehead atoms. The molecule has 0 spiro atoms. The Kier molecular flexibility index (Phi) is 5.81. The van der Waals surface area contributed by atoms with Gasteiger partial charge in [0, 0.05) is 0 Å². The highest BCUT2D eigenvalue weighted by Crippen LogP contribution is 2.02. The first kappa shape index (κ1) is 13.2. The Morgan fingerprint density at radius 3 is 2.00 bits per heavy atom. The van der Waals surface area contributed by atoms with Gasteiger partial charge in [0.25, 0.3) is 6.47 Å². The van der Waals surface area contributed by atoms with Crippen LogP contribution in [0.25, 0.3) is 0 Å². The maximum atomic E-state index is 9.60. The summed E-state index contributed by atoms with van der Waals surface area (Å²) >= 11 is 0. The van der Waals surface area contributed by atoms with Crippen LogP contribution >= 0.6 is 0 Å². The van der Waals surface area contributed by atoms with Crippen LogP contribution in [0, 0.1) is 11.3 Å². The smallest absolute Gasteiger partial charge is 0.293 e. The number of nitrogens with zero attached hydrogens (tertiary/aromatic N) is 1. The van der Waals surface area contributed by atoms with Gasteiger partial charge in [0.2, 0.25) is 0 Å². The first-order chi connectivity index (χ1) is 6.99. The van der Waals surface area contributed by atoms with Crippen LogP contribution < -0.4 is 0 Å². The lowest BCUT2D eigenvalue weighted by atomic mass is 10.2. The highest BCUT2D eigenvalue weighted by atomic mass is 16.5. The van der Waals surface area contributed by atoms with E-state index < -0.39 is 0 Å². The number of hydrogen-bond acceptors (Lipinski definition) is 3. The summed E-state index contributed by atoms with van der Waals surface area (Å²) in [5.41, 5.74) is 0.398. The van der Waals surface area contributed by atoms with Crippen molar-refractivity contribution in [3.05, 3.63) is 35.9 Å². The van der Waals surface area contributed by atoms with Crippen LogP contribution in [0.2, 0.25) is 0 Å². The molecule has 0 fully saturated rings. The molecule has 80 valence electrons. The van der Waals surface area contributed by atoms with Gasteiger partial charge in [-0.1, -0.05) is 18.2 Å². The molecule has 0 atom stereocenters. The second-order valence-corrected chi connectivity index (χ2v) is 3.80. The van der Waals surface area contributed by atoms with Crippen molar-refractivity contribution in [2.45, 2.75) is 26.4 Å². The van der Waals surface area contributed by atoms with Gasteiger partial charge in [-0.3, -0.25) is 4.79 Å². The Labute approximate surface area is 90.3 Å². The van der Waals surface area contributed by atoms with Gasteiger partial charge in [0.05, 0.1) is 11.6 Å². The standard InChI is InChI=1S/C7H5N.C5H10O2/c8-6-7-4-2-1-3-5-7;1-5(2,3)7-4-6/h1-5H;4H,1-3H3. The minimum atomic E-state index is -0.318. The first-order valence-electron chi connectivity index (χ1n) is 4.56. The van der Waals surface area contributed by atoms with Crippen LogP contribution in [-0.2, 0) is 9.53 Å². The summed E-state index contributed by atoms with van der Waals surface area (Å²) in [7, 11) is 0. The third kappa shape index (κ3) is 8.51. The predicted octanol–water partition coefficient (Wildman–Crippen LogP) is 2.52. The zero-order chi connectivity index (χ0) is 11.7. The van der Waals surface area contributed by atoms with Gasteiger partial charge in [0.15, 0.2) is 0 Å². The summed E-state index contributed by atoms with van der Waals surface area (Å²) in [6.07, 6.45) is 0. The molecule has 3 heteroatoms. The number of rotatable bonds is 1. The monoisotopic (exact) mass is 205 g/mol. The predicted molar refractivity (Wildman–Crippen MR) is 58.1 cm³/mol. The third-order valence-electron chi connectivity index (χ3n) is 1.30. The average molecular weight is 205 g/mol. The maximum absolute atomic E-state index is 9.60. The minimum Gasteiger partial charge on any atom is -0.462 e. The molecule has 0 aliphatic rings. The Bertz CT molecular complexity index is 320. The van der Waals surface area contributed by atoms with Crippen LogP contribution in [0.5, 0.6) is 0 Å². The number of carbonyl (C=O) groups is 1. The SMILES string of the molecule is CC(C)(C)OC=O.N#Cc1ccccc1. The van der Waals surface area contributed by atoms with Crippen molar-refractivity contribution in [2.24, 2.45) is 0 Å². The molecule has 0 aliphatic heterocycles. The molecule has 0 aromatic heterocycles. The molecule has 0 aliphatic carbocycles. The van der Waals surface area contributed by atoms with E-state index in [4.69, 9.17) is 5.26 Å². The van der Waals surface area contributed by atoms with E-state index in [-0.39, 0.29) is 5.60 Å². The number of benzene rings is 1. The van der Waals surface area contributed by atoms with Crippen molar-refractivity contribution < 1.29 is 9.53 Å². The van der Waals surface area contributed by atoms with Crippen molar-refractivity contribution in [1.82, 2.24) is 0 Å². The summed E-state index contributed by atoms with van der Waals surface area (Å²) in [5.74, 6) is 0.